The number of nitrogens with two attached hydrogens (primary N) is 1. The van der Waals surface area contributed by atoms with Gasteiger partial charge in [-0.1, -0.05) is 54.1 Å². The van der Waals surface area contributed by atoms with Crippen molar-refractivity contribution in [1.29, 1.82) is 0 Å². The van der Waals surface area contributed by atoms with Gasteiger partial charge in [-0.15, -0.1) is 0 Å². The smallest absolute Gasteiger partial charge is 0.238 e. The van der Waals surface area contributed by atoms with Gasteiger partial charge in [0.2, 0.25) is 10.0 Å². The van der Waals surface area contributed by atoms with E-state index in [2.05, 4.69) is 0 Å². The van der Waals surface area contributed by atoms with E-state index < -0.39 is 10.0 Å². The summed E-state index contributed by atoms with van der Waals surface area (Å²) in [6.07, 6.45) is 0.507. The van der Waals surface area contributed by atoms with Crippen molar-refractivity contribution in [2.45, 2.75) is 11.3 Å². The molecule has 0 atom stereocenters. The molecule has 0 unspecified atom stereocenters. The van der Waals surface area contributed by atoms with Crippen molar-refractivity contribution in [2.24, 2.45) is 5.14 Å². The third-order valence-corrected chi connectivity index (χ3v) is 5.96. The standard InChI is InChI=1S/C23H19ClN2O4S/c1-29-20-12-9-17(14-19(20)24)23-22(16-7-10-18(11-8-16)31(25,27)28)26-21(30-23)13-15-5-3-2-4-6-15/h2-12,14H,13H2,1H3,(H2,25,27,28). The van der Waals surface area contributed by atoms with Crippen molar-refractivity contribution in [3.8, 4) is 28.3 Å². The number of rotatable bonds is 6. The van der Waals surface area contributed by atoms with E-state index in [0.717, 1.165) is 11.1 Å². The van der Waals surface area contributed by atoms with E-state index >= 15 is 0 Å². The summed E-state index contributed by atoms with van der Waals surface area (Å²) in [5.41, 5.74) is 3.05. The van der Waals surface area contributed by atoms with Crippen molar-refractivity contribution < 1.29 is 17.6 Å². The molecule has 0 saturated carbocycles. The molecule has 4 rings (SSSR count). The fourth-order valence-corrected chi connectivity index (χ4v) is 3.99. The Morgan fingerprint density at radius 3 is 2.29 bits per heavy atom. The van der Waals surface area contributed by atoms with Crippen LogP contribution in [0, 0.1) is 0 Å². The van der Waals surface area contributed by atoms with Gasteiger partial charge in [-0.2, -0.15) is 0 Å². The number of nitrogens with zero attached hydrogens (tertiary/aromatic N) is 1. The fraction of sp³-hybridized carbons (Fsp3) is 0.0870. The molecule has 0 amide bonds. The molecule has 0 aliphatic rings. The Balaban J connectivity index is 1.81. The Hall–Kier alpha value is -3.13. The van der Waals surface area contributed by atoms with Gasteiger partial charge in [0, 0.05) is 17.5 Å². The minimum Gasteiger partial charge on any atom is -0.495 e. The van der Waals surface area contributed by atoms with E-state index in [1.165, 1.54) is 12.1 Å². The molecule has 31 heavy (non-hydrogen) atoms. The Morgan fingerprint density at radius 2 is 1.68 bits per heavy atom. The van der Waals surface area contributed by atoms with Gasteiger partial charge < -0.3 is 9.15 Å². The molecule has 3 aromatic carbocycles. The number of hydrogen-bond acceptors (Lipinski definition) is 5. The third-order valence-electron chi connectivity index (χ3n) is 4.74. The summed E-state index contributed by atoms with van der Waals surface area (Å²) in [6, 6.07) is 21.4. The van der Waals surface area contributed by atoms with Crippen LogP contribution in [0.4, 0.5) is 0 Å². The molecule has 1 heterocycles. The van der Waals surface area contributed by atoms with E-state index in [1.807, 2.05) is 36.4 Å². The summed E-state index contributed by atoms with van der Waals surface area (Å²) < 4.78 is 34.5. The first-order valence-corrected chi connectivity index (χ1v) is 11.3. The maximum atomic E-state index is 11.6. The van der Waals surface area contributed by atoms with Crippen LogP contribution in [0.15, 0.2) is 82.1 Å². The number of methoxy groups -OCH3 is 1. The van der Waals surface area contributed by atoms with Crippen LogP contribution in [0.25, 0.3) is 22.6 Å². The Kier molecular flexibility index (Phi) is 5.82. The number of aromatic nitrogens is 1. The van der Waals surface area contributed by atoms with Crippen LogP contribution in [-0.2, 0) is 16.4 Å². The normalized spacial score (nSPS) is 11.5. The first kappa shape index (κ1) is 21.1. The lowest BCUT2D eigenvalue weighted by molar-refractivity contribution is 0.415. The molecular formula is C23H19ClN2O4S. The molecule has 0 aliphatic heterocycles. The second-order valence-electron chi connectivity index (χ2n) is 6.87. The zero-order valence-corrected chi connectivity index (χ0v) is 18.2. The molecule has 1 aromatic heterocycles. The number of ether oxygens (including phenoxy) is 1. The molecule has 0 bridgehead atoms. The van der Waals surface area contributed by atoms with E-state index in [1.54, 1.807) is 31.4 Å². The summed E-state index contributed by atoms with van der Waals surface area (Å²) in [7, 11) is -2.24. The highest BCUT2D eigenvalue weighted by atomic mass is 35.5. The maximum absolute atomic E-state index is 11.6. The lowest BCUT2D eigenvalue weighted by Gasteiger charge is -2.06. The van der Waals surface area contributed by atoms with Gasteiger partial charge in [0.25, 0.3) is 0 Å². The number of primary sulfonamides is 1. The van der Waals surface area contributed by atoms with Gasteiger partial charge in [-0.3, -0.25) is 0 Å². The van der Waals surface area contributed by atoms with E-state index in [9.17, 15) is 8.42 Å². The molecule has 158 valence electrons. The van der Waals surface area contributed by atoms with Crippen LogP contribution >= 0.6 is 11.6 Å². The Bertz CT molecular complexity index is 1320. The van der Waals surface area contributed by atoms with Crippen molar-refractivity contribution in [2.75, 3.05) is 7.11 Å². The number of benzene rings is 3. The van der Waals surface area contributed by atoms with Crippen molar-refractivity contribution in [1.82, 2.24) is 4.98 Å². The summed E-state index contributed by atoms with van der Waals surface area (Å²) in [6.45, 7) is 0. The highest BCUT2D eigenvalue weighted by molar-refractivity contribution is 7.89. The number of halogens is 1. The third kappa shape index (κ3) is 4.64. The molecule has 0 aliphatic carbocycles. The van der Waals surface area contributed by atoms with Gasteiger partial charge in [0.15, 0.2) is 11.7 Å². The van der Waals surface area contributed by atoms with Crippen LogP contribution in [-0.4, -0.2) is 20.5 Å². The van der Waals surface area contributed by atoms with Crippen LogP contribution in [0.1, 0.15) is 11.5 Å². The summed E-state index contributed by atoms with van der Waals surface area (Å²) in [5.74, 6) is 1.60. The molecule has 6 nitrogen and oxygen atoms in total. The molecule has 8 heteroatoms. The summed E-state index contributed by atoms with van der Waals surface area (Å²) in [5, 5.41) is 5.65. The van der Waals surface area contributed by atoms with Gasteiger partial charge in [-0.25, -0.2) is 18.5 Å². The fourth-order valence-electron chi connectivity index (χ4n) is 3.21. The Labute approximate surface area is 185 Å². The van der Waals surface area contributed by atoms with E-state index in [0.29, 0.717) is 40.1 Å². The predicted octanol–water partition coefficient (Wildman–Crippen LogP) is 4.91. The molecule has 4 aromatic rings. The second kappa shape index (κ2) is 8.55. The molecule has 0 spiro atoms. The summed E-state index contributed by atoms with van der Waals surface area (Å²) in [4.78, 5) is 4.72. The second-order valence-corrected chi connectivity index (χ2v) is 8.84. The van der Waals surface area contributed by atoms with Gasteiger partial charge in [-0.05, 0) is 35.9 Å². The van der Waals surface area contributed by atoms with E-state index in [-0.39, 0.29) is 4.90 Å². The SMILES string of the molecule is COc1ccc(-c2oc(Cc3ccccc3)nc2-c2ccc(S(N)(=O)=O)cc2)cc1Cl. The van der Waals surface area contributed by atoms with Crippen molar-refractivity contribution in [3.05, 3.63) is 89.3 Å². The molecule has 0 saturated heterocycles. The number of hydrogen-bond donors (Lipinski definition) is 1. The summed E-state index contributed by atoms with van der Waals surface area (Å²) >= 11 is 6.32. The number of sulfonamides is 1. The molecule has 0 fully saturated rings. The van der Waals surface area contributed by atoms with Crippen molar-refractivity contribution in [3.63, 3.8) is 0 Å². The first-order valence-electron chi connectivity index (χ1n) is 9.36. The topological polar surface area (TPSA) is 95.4 Å². The predicted molar refractivity (Wildman–Crippen MR) is 120 cm³/mol. The number of oxazole rings is 1. The maximum Gasteiger partial charge on any atom is 0.238 e. The highest BCUT2D eigenvalue weighted by Gasteiger charge is 2.19. The minimum absolute atomic E-state index is 0.0262. The van der Waals surface area contributed by atoms with Gasteiger partial charge in [0.05, 0.1) is 17.0 Å². The van der Waals surface area contributed by atoms with Crippen LogP contribution < -0.4 is 9.88 Å². The lowest BCUT2D eigenvalue weighted by Crippen LogP contribution is -2.11. The average molecular weight is 455 g/mol. The first-order chi connectivity index (χ1) is 14.8. The molecular weight excluding hydrogens is 436 g/mol. The van der Waals surface area contributed by atoms with E-state index in [4.69, 9.17) is 30.9 Å². The van der Waals surface area contributed by atoms with Crippen LogP contribution in [0.3, 0.4) is 0 Å². The van der Waals surface area contributed by atoms with Gasteiger partial charge in [0.1, 0.15) is 11.4 Å². The monoisotopic (exact) mass is 454 g/mol. The zero-order chi connectivity index (χ0) is 22.0. The Morgan fingerprint density at radius 1 is 1.00 bits per heavy atom. The van der Waals surface area contributed by atoms with Crippen LogP contribution in [0.2, 0.25) is 5.02 Å². The largest absolute Gasteiger partial charge is 0.495 e. The highest BCUT2D eigenvalue weighted by Crippen LogP contribution is 2.37. The lowest BCUT2D eigenvalue weighted by atomic mass is 10.1. The minimum atomic E-state index is -3.79. The average Bonchev–Trinajstić information content (AvgIpc) is 3.17. The van der Waals surface area contributed by atoms with Crippen molar-refractivity contribution >= 4 is 21.6 Å². The van der Waals surface area contributed by atoms with Crippen LogP contribution in [0.5, 0.6) is 5.75 Å². The zero-order valence-electron chi connectivity index (χ0n) is 16.6. The molecule has 0 radical (unpaired) electrons. The quantitative estimate of drug-likeness (QED) is 0.446. The molecule has 2 N–H and O–H groups in total. The van der Waals surface area contributed by atoms with Gasteiger partial charge >= 0.3 is 0 Å².